The van der Waals surface area contributed by atoms with Crippen LogP contribution < -0.4 is 9.03 Å². The first-order valence-electron chi connectivity index (χ1n) is 8.94. The Labute approximate surface area is 152 Å². The second-order valence-corrected chi connectivity index (χ2v) is 8.94. The largest absolute Gasteiger partial charge is 0.506 e. The minimum atomic E-state index is -4.17. The van der Waals surface area contributed by atoms with Gasteiger partial charge in [-0.1, -0.05) is 12.8 Å². The van der Waals surface area contributed by atoms with Gasteiger partial charge < -0.3 is 5.11 Å². The summed E-state index contributed by atoms with van der Waals surface area (Å²) in [5.41, 5.74) is 0.657. The van der Waals surface area contributed by atoms with Gasteiger partial charge in [-0.2, -0.15) is 8.42 Å². The number of nitrogens with zero attached hydrogens (tertiary/aromatic N) is 2. The van der Waals surface area contributed by atoms with Crippen LogP contribution in [0.4, 0.5) is 10.1 Å². The van der Waals surface area contributed by atoms with Gasteiger partial charge in [-0.15, -0.1) is 0 Å². The number of rotatable bonds is 5. The molecule has 9 heteroatoms. The monoisotopic (exact) mass is 383 g/mol. The van der Waals surface area contributed by atoms with Gasteiger partial charge in [0.05, 0.1) is 0 Å². The van der Waals surface area contributed by atoms with E-state index in [1.165, 1.54) is 25.3 Å². The van der Waals surface area contributed by atoms with Crippen molar-refractivity contribution in [1.82, 2.24) is 9.62 Å². The van der Waals surface area contributed by atoms with E-state index in [4.69, 9.17) is 0 Å². The molecule has 0 spiro atoms. The van der Waals surface area contributed by atoms with Gasteiger partial charge in [0.2, 0.25) is 0 Å². The number of benzene rings is 1. The summed E-state index contributed by atoms with van der Waals surface area (Å²) in [6.45, 7) is 1.52. The van der Waals surface area contributed by atoms with Gasteiger partial charge in [-0.05, 0) is 43.4 Å². The lowest BCUT2D eigenvalue weighted by Gasteiger charge is -2.30. The summed E-state index contributed by atoms with van der Waals surface area (Å²) < 4.78 is 41.6. The first-order chi connectivity index (χ1) is 12.3. The average Bonchev–Trinajstić information content (AvgIpc) is 3.33. The quantitative estimate of drug-likeness (QED) is 0.799. The predicted molar refractivity (Wildman–Crippen MR) is 93.4 cm³/mol. The summed E-state index contributed by atoms with van der Waals surface area (Å²) in [5, 5.41) is 10.2. The fourth-order valence-corrected chi connectivity index (χ4v) is 4.94. The van der Waals surface area contributed by atoms with Crippen LogP contribution in [0.25, 0.3) is 0 Å². The topological polar surface area (TPSA) is 90.0 Å². The highest BCUT2D eigenvalue weighted by molar-refractivity contribution is 7.92. The molecule has 26 heavy (non-hydrogen) atoms. The third-order valence-corrected chi connectivity index (χ3v) is 6.72. The summed E-state index contributed by atoms with van der Waals surface area (Å²) in [4.78, 5) is 13.6. The zero-order valence-electron chi connectivity index (χ0n) is 14.4. The molecule has 1 amide bonds. The molecule has 1 saturated carbocycles. The Morgan fingerprint density at radius 2 is 2.08 bits per heavy atom. The smallest absolute Gasteiger partial charge is 0.326 e. The second-order valence-electron chi connectivity index (χ2n) is 7.34. The van der Waals surface area contributed by atoms with Gasteiger partial charge in [0.15, 0.2) is 5.82 Å². The molecule has 3 aliphatic rings. The van der Waals surface area contributed by atoms with E-state index in [-0.39, 0.29) is 0 Å². The number of phenols is 1. The molecule has 2 aliphatic heterocycles. The van der Waals surface area contributed by atoms with Crippen molar-refractivity contribution in [1.29, 1.82) is 0 Å². The molecule has 2 N–H and O–H groups in total. The normalized spacial score (nSPS) is 22.3. The van der Waals surface area contributed by atoms with E-state index in [0.717, 1.165) is 25.4 Å². The first kappa shape index (κ1) is 17.5. The molecule has 0 radical (unpaired) electrons. The molecule has 0 bridgehead atoms. The maximum atomic E-state index is 15.1. The van der Waals surface area contributed by atoms with Crippen molar-refractivity contribution >= 4 is 21.8 Å². The Bertz CT molecular complexity index is 854. The summed E-state index contributed by atoms with van der Waals surface area (Å²) in [6.07, 6.45) is 5.51. The fraction of sp³-hybridized carbons (Fsp3) is 0.588. The number of nitrogens with one attached hydrogen (secondary N) is 1. The first-order valence-corrected chi connectivity index (χ1v) is 10.4. The van der Waals surface area contributed by atoms with E-state index in [1.807, 2.05) is 0 Å². The standard InChI is InChI=1S/C17H22FN3O4S/c18-16-13-9-20(6-1-2-11-3-4-11)7-5-12(13)8-14(22)17(16)21-10-15(23)19-26(21,24)25/h8,11,22H,1-7,9-10H2,(H,19,23). The number of phenolic OH excluding ortho intramolecular Hbond substituents is 1. The molecule has 2 heterocycles. The summed E-state index contributed by atoms with van der Waals surface area (Å²) in [5.74, 6) is -1.10. The zero-order chi connectivity index (χ0) is 18.5. The van der Waals surface area contributed by atoms with E-state index < -0.39 is 39.9 Å². The maximum absolute atomic E-state index is 15.1. The van der Waals surface area contributed by atoms with Crippen LogP contribution in [-0.4, -0.2) is 44.0 Å². The average molecular weight is 383 g/mol. The van der Waals surface area contributed by atoms with E-state index in [0.29, 0.717) is 28.4 Å². The molecular weight excluding hydrogens is 361 g/mol. The number of anilines is 1. The number of halogens is 1. The molecular formula is C17H22FN3O4S. The van der Waals surface area contributed by atoms with Crippen LogP contribution in [0.1, 0.15) is 36.8 Å². The third kappa shape index (κ3) is 3.25. The van der Waals surface area contributed by atoms with Crippen LogP contribution in [0.5, 0.6) is 5.75 Å². The lowest BCUT2D eigenvalue weighted by molar-refractivity contribution is -0.117. The van der Waals surface area contributed by atoms with Crippen LogP contribution >= 0.6 is 0 Å². The fourth-order valence-electron chi connectivity index (χ4n) is 3.78. The molecule has 0 unspecified atom stereocenters. The number of amides is 1. The molecule has 0 atom stereocenters. The van der Waals surface area contributed by atoms with Gasteiger partial charge in [-0.25, -0.2) is 13.4 Å². The Morgan fingerprint density at radius 1 is 1.31 bits per heavy atom. The lowest BCUT2D eigenvalue weighted by Crippen LogP contribution is -2.34. The van der Waals surface area contributed by atoms with Gasteiger partial charge in [0, 0.05) is 18.7 Å². The van der Waals surface area contributed by atoms with Gasteiger partial charge in [0.1, 0.15) is 18.0 Å². The Kier molecular flexibility index (Phi) is 4.31. The summed E-state index contributed by atoms with van der Waals surface area (Å²) in [7, 11) is -4.17. The Morgan fingerprint density at radius 3 is 2.73 bits per heavy atom. The third-order valence-electron chi connectivity index (χ3n) is 5.35. The predicted octanol–water partition coefficient (Wildman–Crippen LogP) is 1.26. The van der Waals surface area contributed by atoms with Crippen LogP contribution in [0.3, 0.4) is 0 Å². The number of carbonyl (C=O) groups is 1. The van der Waals surface area contributed by atoms with Crippen LogP contribution in [0, 0.1) is 11.7 Å². The minimum absolute atomic E-state index is 0.383. The Hall–Kier alpha value is -1.87. The molecule has 142 valence electrons. The van der Waals surface area contributed by atoms with E-state index >= 15 is 4.39 Å². The maximum Gasteiger partial charge on any atom is 0.326 e. The minimum Gasteiger partial charge on any atom is -0.506 e. The zero-order valence-corrected chi connectivity index (χ0v) is 15.2. The Balaban J connectivity index is 1.59. The highest BCUT2D eigenvalue weighted by Crippen LogP contribution is 2.39. The van der Waals surface area contributed by atoms with Crippen LogP contribution in [-0.2, 0) is 28.0 Å². The van der Waals surface area contributed by atoms with Gasteiger partial charge >= 0.3 is 10.2 Å². The summed E-state index contributed by atoms with van der Waals surface area (Å²) >= 11 is 0. The number of carbonyl (C=O) groups excluding carboxylic acids is 1. The second kappa shape index (κ2) is 6.38. The van der Waals surface area contributed by atoms with Gasteiger partial charge in [-0.3, -0.25) is 9.69 Å². The highest BCUT2D eigenvalue weighted by atomic mass is 32.2. The van der Waals surface area contributed by atoms with Crippen molar-refractivity contribution in [3.8, 4) is 5.75 Å². The van der Waals surface area contributed by atoms with Crippen molar-refractivity contribution in [2.45, 2.75) is 38.6 Å². The number of hydrogen-bond donors (Lipinski definition) is 2. The van der Waals surface area contributed by atoms with E-state index in [1.54, 1.807) is 4.72 Å². The molecule has 0 aromatic heterocycles. The lowest BCUT2D eigenvalue weighted by atomic mass is 9.97. The van der Waals surface area contributed by atoms with Crippen molar-refractivity contribution in [3.05, 3.63) is 23.0 Å². The number of hydrogen-bond acceptors (Lipinski definition) is 5. The van der Waals surface area contributed by atoms with Crippen molar-refractivity contribution in [3.63, 3.8) is 0 Å². The van der Waals surface area contributed by atoms with E-state index in [9.17, 15) is 18.3 Å². The molecule has 1 saturated heterocycles. The highest BCUT2D eigenvalue weighted by Gasteiger charge is 2.39. The SMILES string of the molecule is O=C1CN(c2c(O)cc3c(c2F)CN(CCCC2CC2)CC3)S(=O)(=O)N1. The van der Waals surface area contributed by atoms with Crippen molar-refractivity contribution < 1.29 is 22.7 Å². The molecule has 1 aromatic carbocycles. The molecule has 1 aromatic rings. The number of aromatic hydroxyl groups is 1. The van der Waals surface area contributed by atoms with Crippen LogP contribution in [0.15, 0.2) is 6.07 Å². The molecule has 7 nitrogen and oxygen atoms in total. The summed E-state index contributed by atoms with van der Waals surface area (Å²) in [6, 6.07) is 1.42. The molecule has 2 fully saturated rings. The van der Waals surface area contributed by atoms with Gasteiger partial charge in [0.25, 0.3) is 5.91 Å². The van der Waals surface area contributed by atoms with Crippen molar-refractivity contribution in [2.75, 3.05) is 23.9 Å². The van der Waals surface area contributed by atoms with Crippen LogP contribution in [0.2, 0.25) is 0 Å². The number of fused-ring (bicyclic) bond motifs is 1. The molecule has 1 aliphatic carbocycles. The van der Waals surface area contributed by atoms with E-state index in [2.05, 4.69) is 4.90 Å². The molecule has 4 rings (SSSR count). The van der Waals surface area contributed by atoms with Crippen molar-refractivity contribution in [2.24, 2.45) is 5.92 Å².